The highest BCUT2D eigenvalue weighted by Gasteiger charge is 2.32. The lowest BCUT2D eigenvalue weighted by Gasteiger charge is -2.25. The molecular weight excluding hydrogens is 225 g/mol. The molecule has 1 heterocycles. The molecule has 16 heavy (non-hydrogen) atoms. The number of halogens is 3. The molecule has 1 aliphatic rings. The van der Waals surface area contributed by atoms with Crippen molar-refractivity contribution in [1.29, 1.82) is 0 Å². The molecule has 0 radical (unpaired) electrons. The Morgan fingerprint density at radius 1 is 1.31 bits per heavy atom. The first-order chi connectivity index (χ1) is 7.50. The molecule has 1 aromatic rings. The molecule has 88 valence electrons. The van der Waals surface area contributed by atoms with E-state index in [4.69, 9.17) is 14.6 Å². The Morgan fingerprint density at radius 2 is 2.06 bits per heavy atom. The Morgan fingerprint density at radius 3 is 2.69 bits per heavy atom. The van der Waals surface area contributed by atoms with E-state index in [9.17, 15) is 13.2 Å². The van der Waals surface area contributed by atoms with E-state index in [1.165, 1.54) is 6.07 Å². The minimum absolute atomic E-state index is 0.0140. The fourth-order valence-corrected chi connectivity index (χ4v) is 1.38. The normalized spacial score (nSPS) is 19.6. The van der Waals surface area contributed by atoms with Crippen LogP contribution in [0, 0.1) is 0 Å². The van der Waals surface area contributed by atoms with E-state index in [0.29, 0.717) is 0 Å². The molecule has 0 aromatic heterocycles. The summed E-state index contributed by atoms with van der Waals surface area (Å²) in [5.41, 5.74) is -0.798. The number of alkyl halides is 3. The SMILES string of the molecule is OC[C@H]1COc2ccc(C(F)(F)F)cc2O1. The second-order valence-corrected chi connectivity index (χ2v) is 3.39. The fraction of sp³-hybridized carbons (Fsp3) is 0.400. The van der Waals surface area contributed by atoms with Gasteiger partial charge in [0, 0.05) is 0 Å². The molecule has 2 rings (SSSR count). The zero-order valence-electron chi connectivity index (χ0n) is 8.12. The maximum atomic E-state index is 12.4. The van der Waals surface area contributed by atoms with Gasteiger partial charge in [-0.05, 0) is 18.2 Å². The lowest BCUT2D eigenvalue weighted by Crippen LogP contribution is -2.32. The molecule has 1 aromatic carbocycles. The second kappa shape index (κ2) is 3.86. The number of ether oxygens (including phenoxy) is 2. The number of benzene rings is 1. The van der Waals surface area contributed by atoms with Gasteiger partial charge in [-0.1, -0.05) is 0 Å². The summed E-state index contributed by atoms with van der Waals surface area (Å²) in [6.07, 6.45) is -5.03. The van der Waals surface area contributed by atoms with Crippen LogP contribution in [0.5, 0.6) is 11.5 Å². The molecule has 6 heteroatoms. The minimum Gasteiger partial charge on any atom is -0.486 e. The summed E-state index contributed by atoms with van der Waals surface area (Å²) in [4.78, 5) is 0. The first kappa shape index (κ1) is 11.1. The van der Waals surface area contributed by atoms with Gasteiger partial charge in [-0.2, -0.15) is 13.2 Å². The van der Waals surface area contributed by atoms with Gasteiger partial charge in [0.2, 0.25) is 0 Å². The summed E-state index contributed by atoms with van der Waals surface area (Å²) in [7, 11) is 0. The lowest BCUT2D eigenvalue weighted by molar-refractivity contribution is -0.137. The quantitative estimate of drug-likeness (QED) is 0.805. The van der Waals surface area contributed by atoms with Crippen molar-refractivity contribution < 1.29 is 27.8 Å². The van der Waals surface area contributed by atoms with E-state index in [-0.39, 0.29) is 24.7 Å². The second-order valence-electron chi connectivity index (χ2n) is 3.39. The van der Waals surface area contributed by atoms with Crippen molar-refractivity contribution in [2.45, 2.75) is 12.3 Å². The highest BCUT2D eigenvalue weighted by Crippen LogP contribution is 2.38. The molecule has 0 fully saturated rings. The van der Waals surface area contributed by atoms with Crippen molar-refractivity contribution >= 4 is 0 Å². The van der Waals surface area contributed by atoms with Crippen molar-refractivity contribution in [2.24, 2.45) is 0 Å². The summed E-state index contributed by atoms with van der Waals surface area (Å²) in [6.45, 7) is -0.162. The average molecular weight is 234 g/mol. The zero-order chi connectivity index (χ0) is 11.8. The molecule has 0 bridgehead atoms. The number of aliphatic hydroxyl groups excluding tert-OH is 1. The van der Waals surface area contributed by atoms with Crippen LogP contribution in [0.1, 0.15) is 5.56 Å². The summed E-state index contributed by atoms with van der Waals surface area (Å²) < 4.78 is 47.5. The van der Waals surface area contributed by atoms with Gasteiger partial charge in [-0.3, -0.25) is 0 Å². The Labute approximate surface area is 89.4 Å². The number of fused-ring (bicyclic) bond motifs is 1. The van der Waals surface area contributed by atoms with Gasteiger partial charge in [-0.15, -0.1) is 0 Å². The Balaban J connectivity index is 2.31. The lowest BCUT2D eigenvalue weighted by atomic mass is 10.2. The molecule has 0 unspecified atom stereocenters. The largest absolute Gasteiger partial charge is 0.486 e. The third-order valence-corrected chi connectivity index (χ3v) is 2.19. The summed E-state index contributed by atoms with van der Waals surface area (Å²) in [5.74, 6) is 0.276. The van der Waals surface area contributed by atoms with Crippen LogP contribution in [0.4, 0.5) is 13.2 Å². The van der Waals surface area contributed by atoms with E-state index in [0.717, 1.165) is 12.1 Å². The molecule has 0 aliphatic carbocycles. The van der Waals surface area contributed by atoms with E-state index >= 15 is 0 Å². The highest BCUT2D eigenvalue weighted by atomic mass is 19.4. The standard InChI is InChI=1S/C10H9F3O3/c11-10(12,13)6-1-2-8-9(3-6)16-7(4-14)5-15-8/h1-3,7,14H,4-5H2/t7-/m0/s1. The topological polar surface area (TPSA) is 38.7 Å². The van der Waals surface area contributed by atoms with E-state index in [2.05, 4.69) is 0 Å². The van der Waals surface area contributed by atoms with Crippen LogP contribution >= 0.6 is 0 Å². The van der Waals surface area contributed by atoms with Gasteiger partial charge in [0.25, 0.3) is 0 Å². The first-order valence-corrected chi connectivity index (χ1v) is 4.62. The number of aliphatic hydroxyl groups is 1. The van der Waals surface area contributed by atoms with Crippen molar-refractivity contribution in [3.63, 3.8) is 0 Å². The summed E-state index contributed by atoms with van der Waals surface area (Å²) in [5, 5.41) is 8.82. The third kappa shape index (κ3) is 2.06. The molecular formula is C10H9F3O3. The molecule has 0 saturated heterocycles. The molecule has 3 nitrogen and oxygen atoms in total. The molecule has 1 atom stereocenters. The molecule has 0 spiro atoms. The average Bonchev–Trinajstić information content (AvgIpc) is 2.26. The van der Waals surface area contributed by atoms with Crippen LogP contribution in [-0.2, 0) is 6.18 Å². The highest BCUT2D eigenvalue weighted by molar-refractivity contribution is 5.44. The van der Waals surface area contributed by atoms with Gasteiger partial charge in [0.05, 0.1) is 12.2 Å². The van der Waals surface area contributed by atoms with Gasteiger partial charge in [-0.25, -0.2) is 0 Å². The van der Waals surface area contributed by atoms with Gasteiger partial charge < -0.3 is 14.6 Å². The molecule has 0 amide bonds. The number of rotatable bonds is 1. The Kier molecular flexibility index (Phi) is 2.67. The summed E-state index contributed by atoms with van der Waals surface area (Å²) in [6, 6.07) is 3.02. The zero-order valence-corrected chi connectivity index (χ0v) is 8.12. The Bertz CT molecular complexity index is 389. The first-order valence-electron chi connectivity index (χ1n) is 4.62. The van der Waals surface area contributed by atoms with Crippen LogP contribution in [0.15, 0.2) is 18.2 Å². The molecule has 1 aliphatic heterocycles. The van der Waals surface area contributed by atoms with Crippen LogP contribution in [0.2, 0.25) is 0 Å². The van der Waals surface area contributed by atoms with Gasteiger partial charge in [0.1, 0.15) is 6.61 Å². The third-order valence-electron chi connectivity index (χ3n) is 2.19. The van der Waals surface area contributed by atoms with Crippen LogP contribution in [0.25, 0.3) is 0 Å². The Hall–Kier alpha value is -1.43. The molecule has 0 saturated carbocycles. The monoisotopic (exact) mass is 234 g/mol. The predicted molar refractivity (Wildman–Crippen MR) is 48.4 cm³/mol. The molecule has 1 N–H and O–H groups in total. The summed E-state index contributed by atoms with van der Waals surface area (Å²) >= 11 is 0. The van der Waals surface area contributed by atoms with E-state index in [1.807, 2.05) is 0 Å². The van der Waals surface area contributed by atoms with Gasteiger partial charge in [0.15, 0.2) is 17.6 Å². The van der Waals surface area contributed by atoms with E-state index < -0.39 is 17.8 Å². The maximum absolute atomic E-state index is 12.4. The van der Waals surface area contributed by atoms with Crippen LogP contribution < -0.4 is 9.47 Å². The minimum atomic E-state index is -4.41. The van der Waals surface area contributed by atoms with Crippen LogP contribution in [0.3, 0.4) is 0 Å². The number of hydrogen-bond acceptors (Lipinski definition) is 3. The maximum Gasteiger partial charge on any atom is 0.416 e. The number of hydrogen-bond donors (Lipinski definition) is 1. The van der Waals surface area contributed by atoms with Crippen molar-refractivity contribution in [1.82, 2.24) is 0 Å². The van der Waals surface area contributed by atoms with Crippen molar-refractivity contribution in [3.05, 3.63) is 23.8 Å². The van der Waals surface area contributed by atoms with E-state index in [1.54, 1.807) is 0 Å². The smallest absolute Gasteiger partial charge is 0.416 e. The fourth-order valence-electron chi connectivity index (χ4n) is 1.38. The predicted octanol–water partition coefficient (Wildman–Crippen LogP) is 1.84. The van der Waals surface area contributed by atoms with Gasteiger partial charge >= 0.3 is 6.18 Å². The van der Waals surface area contributed by atoms with Crippen molar-refractivity contribution in [3.8, 4) is 11.5 Å². The van der Waals surface area contributed by atoms with Crippen molar-refractivity contribution in [2.75, 3.05) is 13.2 Å². The van der Waals surface area contributed by atoms with Crippen LogP contribution in [-0.4, -0.2) is 24.4 Å².